The van der Waals surface area contributed by atoms with E-state index >= 15 is 0 Å². The molecule has 184 valence electrons. The SMILES string of the molecule is COC(=O)NCCCc1nc(C(C)N(C(=O)[C@H]2CCCCO2)C2CC2)nn1-c1cccc(Cl)c1. The second-order valence-corrected chi connectivity index (χ2v) is 9.24. The molecule has 2 amide bonds. The van der Waals surface area contributed by atoms with Crippen LogP contribution < -0.4 is 5.32 Å². The highest BCUT2D eigenvalue weighted by Crippen LogP contribution is 2.35. The van der Waals surface area contributed by atoms with Gasteiger partial charge in [0.15, 0.2) is 5.82 Å². The van der Waals surface area contributed by atoms with Gasteiger partial charge in [-0.25, -0.2) is 14.5 Å². The smallest absolute Gasteiger partial charge is 0.406 e. The van der Waals surface area contributed by atoms with Crippen LogP contribution >= 0.6 is 11.6 Å². The van der Waals surface area contributed by atoms with Crippen LogP contribution in [-0.4, -0.2) is 64.1 Å². The van der Waals surface area contributed by atoms with Gasteiger partial charge in [-0.3, -0.25) is 4.79 Å². The number of nitrogens with zero attached hydrogens (tertiary/aromatic N) is 4. The van der Waals surface area contributed by atoms with E-state index in [0.29, 0.717) is 36.8 Å². The lowest BCUT2D eigenvalue weighted by Crippen LogP contribution is -2.44. The minimum Gasteiger partial charge on any atom is -0.453 e. The number of hydrogen-bond acceptors (Lipinski definition) is 6. The number of aryl methyl sites for hydroxylation is 1. The minimum absolute atomic E-state index is 0.0395. The van der Waals surface area contributed by atoms with Crippen LogP contribution in [0.2, 0.25) is 5.02 Å². The third-order valence-electron chi connectivity index (χ3n) is 6.22. The van der Waals surface area contributed by atoms with E-state index in [4.69, 9.17) is 26.4 Å². The Labute approximate surface area is 204 Å². The monoisotopic (exact) mass is 489 g/mol. The molecule has 1 aromatic heterocycles. The molecule has 10 heteroatoms. The predicted molar refractivity (Wildman–Crippen MR) is 127 cm³/mol. The van der Waals surface area contributed by atoms with Crippen molar-refractivity contribution in [3.63, 3.8) is 0 Å². The molecule has 2 atom stereocenters. The normalized spacial score (nSPS) is 18.9. The maximum atomic E-state index is 13.4. The van der Waals surface area contributed by atoms with Crippen LogP contribution in [-0.2, 0) is 20.7 Å². The molecular weight excluding hydrogens is 458 g/mol. The first-order chi connectivity index (χ1) is 16.5. The van der Waals surface area contributed by atoms with Crippen LogP contribution in [0.25, 0.3) is 5.69 Å². The number of carbonyl (C=O) groups excluding carboxylic acids is 2. The second kappa shape index (κ2) is 11.2. The molecule has 0 radical (unpaired) electrons. The molecule has 0 bridgehead atoms. The van der Waals surface area contributed by atoms with Crippen molar-refractivity contribution in [2.45, 2.75) is 70.1 Å². The van der Waals surface area contributed by atoms with E-state index in [0.717, 1.165) is 43.6 Å². The summed E-state index contributed by atoms with van der Waals surface area (Å²) >= 11 is 6.23. The van der Waals surface area contributed by atoms with Gasteiger partial charge in [-0.15, -0.1) is 5.10 Å². The number of ether oxygens (including phenoxy) is 2. The fraction of sp³-hybridized carbons (Fsp3) is 0.583. The van der Waals surface area contributed by atoms with Crippen molar-refractivity contribution >= 4 is 23.6 Å². The molecule has 1 saturated heterocycles. The van der Waals surface area contributed by atoms with Crippen molar-refractivity contribution < 1.29 is 19.1 Å². The highest BCUT2D eigenvalue weighted by atomic mass is 35.5. The number of methoxy groups -OCH3 is 1. The summed E-state index contributed by atoms with van der Waals surface area (Å²) in [5, 5.41) is 8.10. The molecular formula is C24H32ClN5O4. The Hall–Kier alpha value is -2.65. The Morgan fingerprint density at radius 2 is 2.15 bits per heavy atom. The molecule has 4 rings (SSSR count). The number of halogens is 1. The van der Waals surface area contributed by atoms with Crippen LogP contribution in [0.1, 0.15) is 63.1 Å². The molecule has 2 aromatic rings. The zero-order valence-corrected chi connectivity index (χ0v) is 20.5. The van der Waals surface area contributed by atoms with Crippen molar-refractivity contribution in [1.29, 1.82) is 0 Å². The van der Waals surface area contributed by atoms with Crippen LogP contribution in [0.5, 0.6) is 0 Å². The van der Waals surface area contributed by atoms with Gasteiger partial charge in [0.1, 0.15) is 11.9 Å². The number of benzene rings is 1. The first-order valence-electron chi connectivity index (χ1n) is 11.9. The number of amides is 2. The zero-order chi connectivity index (χ0) is 24.1. The lowest BCUT2D eigenvalue weighted by molar-refractivity contribution is -0.149. The maximum Gasteiger partial charge on any atom is 0.406 e. The summed E-state index contributed by atoms with van der Waals surface area (Å²) in [6.45, 7) is 3.07. The number of nitrogens with one attached hydrogen (secondary N) is 1. The lowest BCUT2D eigenvalue weighted by atomic mass is 10.1. The fourth-order valence-corrected chi connectivity index (χ4v) is 4.48. The van der Waals surface area contributed by atoms with E-state index in [2.05, 4.69) is 10.1 Å². The molecule has 1 unspecified atom stereocenters. The molecule has 2 aliphatic rings. The molecule has 1 aliphatic heterocycles. The molecule has 1 N–H and O–H groups in total. The largest absolute Gasteiger partial charge is 0.453 e. The summed E-state index contributed by atoms with van der Waals surface area (Å²) in [5.74, 6) is 1.37. The topological polar surface area (TPSA) is 98.6 Å². The molecule has 0 spiro atoms. The summed E-state index contributed by atoms with van der Waals surface area (Å²) in [4.78, 5) is 31.5. The van der Waals surface area contributed by atoms with Gasteiger partial charge in [-0.05, 0) is 63.6 Å². The quantitative estimate of drug-likeness (QED) is 0.537. The van der Waals surface area contributed by atoms with Gasteiger partial charge in [0.05, 0.1) is 18.8 Å². The molecule has 1 saturated carbocycles. The van der Waals surface area contributed by atoms with Gasteiger partial charge in [0.2, 0.25) is 0 Å². The third-order valence-corrected chi connectivity index (χ3v) is 6.45. The summed E-state index contributed by atoms with van der Waals surface area (Å²) in [6.07, 6.45) is 5.15. The van der Waals surface area contributed by atoms with Crippen molar-refractivity contribution in [3.8, 4) is 5.69 Å². The number of carbonyl (C=O) groups is 2. The summed E-state index contributed by atoms with van der Waals surface area (Å²) in [5.41, 5.74) is 0.800. The van der Waals surface area contributed by atoms with Gasteiger partial charge in [-0.2, -0.15) is 0 Å². The van der Waals surface area contributed by atoms with Gasteiger partial charge in [0.25, 0.3) is 5.91 Å². The number of hydrogen-bond donors (Lipinski definition) is 1. The Kier molecular flexibility index (Phi) is 8.05. The first-order valence-corrected chi connectivity index (χ1v) is 12.3. The molecule has 2 heterocycles. The van der Waals surface area contributed by atoms with E-state index in [9.17, 15) is 9.59 Å². The molecule has 1 aliphatic carbocycles. The van der Waals surface area contributed by atoms with Gasteiger partial charge in [0, 0.05) is 30.6 Å². The molecule has 1 aromatic carbocycles. The Balaban J connectivity index is 1.57. The zero-order valence-electron chi connectivity index (χ0n) is 19.7. The first kappa shape index (κ1) is 24.5. The standard InChI is InChI=1S/C24H32ClN5O4/c1-16(29(18-11-12-18)23(31)20-9-3-4-14-34-20)22-27-21(10-6-13-26-24(32)33-2)30(28-22)19-8-5-7-17(25)15-19/h5,7-8,15-16,18,20H,3-4,6,9-14H2,1-2H3,(H,26,32)/t16?,20-/m1/s1. The van der Waals surface area contributed by atoms with Crippen LogP contribution in [0, 0.1) is 0 Å². The fourth-order valence-electron chi connectivity index (χ4n) is 4.29. The van der Waals surface area contributed by atoms with E-state index in [1.165, 1.54) is 7.11 Å². The molecule has 2 fully saturated rings. The predicted octanol–water partition coefficient (Wildman–Crippen LogP) is 3.83. The minimum atomic E-state index is -0.464. The number of aromatic nitrogens is 3. The second-order valence-electron chi connectivity index (χ2n) is 8.81. The van der Waals surface area contributed by atoms with Gasteiger partial charge in [-0.1, -0.05) is 17.7 Å². The van der Waals surface area contributed by atoms with Crippen molar-refractivity contribution in [3.05, 3.63) is 40.9 Å². The highest BCUT2D eigenvalue weighted by molar-refractivity contribution is 6.30. The Morgan fingerprint density at radius 1 is 1.32 bits per heavy atom. The summed E-state index contributed by atoms with van der Waals surface area (Å²) < 4.78 is 12.2. The van der Waals surface area contributed by atoms with Crippen molar-refractivity contribution in [2.75, 3.05) is 20.3 Å². The van der Waals surface area contributed by atoms with Gasteiger partial charge >= 0.3 is 6.09 Å². The summed E-state index contributed by atoms with van der Waals surface area (Å²) in [6, 6.07) is 7.36. The van der Waals surface area contributed by atoms with E-state index in [-0.39, 0.29) is 24.1 Å². The lowest BCUT2D eigenvalue weighted by Gasteiger charge is -2.32. The van der Waals surface area contributed by atoms with Crippen LogP contribution in [0.15, 0.2) is 24.3 Å². The summed E-state index contributed by atoms with van der Waals surface area (Å²) in [7, 11) is 1.34. The molecule has 9 nitrogen and oxygen atoms in total. The Morgan fingerprint density at radius 3 is 2.82 bits per heavy atom. The van der Waals surface area contributed by atoms with E-state index < -0.39 is 6.09 Å². The third kappa shape index (κ3) is 5.88. The number of rotatable bonds is 9. The average molecular weight is 490 g/mol. The Bertz CT molecular complexity index is 1000. The molecule has 34 heavy (non-hydrogen) atoms. The van der Waals surface area contributed by atoms with Crippen LogP contribution in [0.3, 0.4) is 0 Å². The van der Waals surface area contributed by atoms with E-state index in [1.807, 2.05) is 36.1 Å². The van der Waals surface area contributed by atoms with Crippen molar-refractivity contribution in [2.24, 2.45) is 0 Å². The van der Waals surface area contributed by atoms with Crippen LogP contribution in [0.4, 0.5) is 4.79 Å². The van der Waals surface area contributed by atoms with E-state index in [1.54, 1.807) is 4.68 Å². The van der Waals surface area contributed by atoms with Gasteiger partial charge < -0.3 is 19.7 Å². The highest BCUT2D eigenvalue weighted by Gasteiger charge is 2.41. The van der Waals surface area contributed by atoms with Crippen molar-refractivity contribution in [1.82, 2.24) is 25.0 Å². The average Bonchev–Trinajstić information content (AvgIpc) is 3.59. The maximum absolute atomic E-state index is 13.4. The number of alkyl carbamates (subject to hydrolysis) is 1.